The Balaban J connectivity index is 2.89. The fourth-order valence-corrected chi connectivity index (χ4v) is 1.97. The number of rotatable bonds is 13. The second-order valence-electron chi connectivity index (χ2n) is 4.87. The fraction of sp³-hybridized carbons (Fsp3) is 1.00. The van der Waals surface area contributed by atoms with E-state index in [0.29, 0.717) is 0 Å². The molecule has 0 aromatic rings. The molecule has 0 rings (SSSR count). The van der Waals surface area contributed by atoms with Crippen LogP contribution in [0, 0.1) is 0 Å². The van der Waals surface area contributed by atoms with E-state index in [-0.39, 0.29) is 6.44 Å². The smallest absolute Gasteiger partial charge is 0.426 e. The van der Waals surface area contributed by atoms with Gasteiger partial charge in [-0.3, -0.25) is 0 Å². The molecule has 0 unspecified atom stereocenters. The maximum absolute atomic E-state index is 8.61. The summed E-state index contributed by atoms with van der Waals surface area (Å²) in [5.41, 5.74) is 0. The van der Waals surface area contributed by atoms with E-state index in [1.807, 2.05) is 0 Å². The van der Waals surface area contributed by atoms with E-state index < -0.39 is 7.12 Å². The summed E-state index contributed by atoms with van der Waals surface area (Å²) in [6, 6.07) is 0. The molecule has 0 fully saturated rings. The summed E-state index contributed by atoms with van der Waals surface area (Å²) in [5, 5.41) is 20.2. The van der Waals surface area contributed by atoms with E-state index in [9.17, 15) is 0 Å². The average Bonchev–Trinajstić information content (AvgIpc) is 2.30. The topological polar surface area (TPSA) is 52.5 Å². The molecule has 0 atom stereocenters. The molecule has 0 saturated heterocycles. The van der Waals surface area contributed by atoms with Crippen molar-refractivity contribution in [3.05, 3.63) is 0 Å². The van der Waals surface area contributed by atoms with Crippen molar-refractivity contribution in [3.8, 4) is 0 Å². The lowest BCUT2D eigenvalue weighted by atomic mass is 9.92. The third-order valence-electron chi connectivity index (χ3n) is 3.03. The van der Waals surface area contributed by atoms with Crippen LogP contribution in [0.1, 0.15) is 71.1 Å². The van der Waals surface area contributed by atoms with E-state index in [2.05, 4.69) is 12.2 Å². The summed E-state index contributed by atoms with van der Waals surface area (Å²) in [4.78, 5) is 0. The van der Waals surface area contributed by atoms with Crippen LogP contribution in [0.4, 0.5) is 0 Å². The van der Waals surface area contributed by atoms with Crippen molar-refractivity contribution in [2.45, 2.75) is 71.1 Å². The van der Waals surface area contributed by atoms with Crippen LogP contribution in [0.3, 0.4) is 0 Å². The van der Waals surface area contributed by atoms with Crippen molar-refractivity contribution >= 4 is 7.12 Å². The lowest BCUT2D eigenvalue weighted by molar-refractivity contribution is 0.398. The number of hydrogen-bond acceptors (Lipinski definition) is 3. The van der Waals surface area contributed by atoms with Crippen molar-refractivity contribution in [2.75, 3.05) is 13.0 Å². The standard InChI is InChI=1S/C13H30BNO2/c1-2-3-4-5-6-7-8-9-10-11-12-15-13-14(16)17/h15-17H,2-13H2,1H3. The van der Waals surface area contributed by atoms with Crippen molar-refractivity contribution in [3.63, 3.8) is 0 Å². The molecule has 0 saturated carbocycles. The van der Waals surface area contributed by atoms with Gasteiger partial charge in [-0.15, -0.1) is 0 Å². The Morgan fingerprint density at radius 2 is 1.24 bits per heavy atom. The normalized spacial score (nSPS) is 10.8. The largest absolute Gasteiger partial charge is 0.466 e. The van der Waals surface area contributed by atoms with Gasteiger partial charge in [0.15, 0.2) is 0 Å². The van der Waals surface area contributed by atoms with Gasteiger partial charge in [-0.05, 0) is 13.0 Å². The minimum atomic E-state index is -1.21. The second-order valence-corrected chi connectivity index (χ2v) is 4.87. The first-order chi connectivity index (χ1) is 8.27. The van der Waals surface area contributed by atoms with Crippen molar-refractivity contribution in [1.29, 1.82) is 0 Å². The van der Waals surface area contributed by atoms with E-state index >= 15 is 0 Å². The van der Waals surface area contributed by atoms with E-state index in [4.69, 9.17) is 10.0 Å². The van der Waals surface area contributed by atoms with Crippen molar-refractivity contribution in [1.82, 2.24) is 5.32 Å². The van der Waals surface area contributed by atoms with Crippen molar-refractivity contribution in [2.24, 2.45) is 0 Å². The fourth-order valence-electron chi connectivity index (χ4n) is 1.97. The van der Waals surface area contributed by atoms with Gasteiger partial charge in [-0.2, -0.15) is 0 Å². The van der Waals surface area contributed by atoms with Gasteiger partial charge in [0.2, 0.25) is 0 Å². The Morgan fingerprint density at radius 1 is 0.765 bits per heavy atom. The van der Waals surface area contributed by atoms with Crippen LogP contribution in [-0.4, -0.2) is 30.2 Å². The van der Waals surface area contributed by atoms with Gasteiger partial charge in [0.05, 0.1) is 0 Å². The van der Waals surface area contributed by atoms with Gasteiger partial charge in [-0.1, -0.05) is 64.7 Å². The first-order valence-electron chi connectivity index (χ1n) is 7.34. The van der Waals surface area contributed by atoms with E-state index in [1.165, 1.54) is 57.8 Å². The predicted octanol–water partition coefficient (Wildman–Crippen LogP) is 2.51. The second kappa shape index (κ2) is 14.0. The summed E-state index contributed by atoms with van der Waals surface area (Å²) in [6.07, 6.45) is 13.7. The van der Waals surface area contributed by atoms with E-state index in [0.717, 1.165) is 13.0 Å². The summed E-state index contributed by atoms with van der Waals surface area (Å²) in [7, 11) is -1.21. The van der Waals surface area contributed by atoms with E-state index in [1.54, 1.807) is 0 Å². The van der Waals surface area contributed by atoms with Crippen molar-refractivity contribution < 1.29 is 10.0 Å². The molecular formula is C13H30BNO2. The average molecular weight is 243 g/mol. The highest BCUT2D eigenvalue weighted by Crippen LogP contribution is 2.10. The monoisotopic (exact) mass is 243 g/mol. The maximum Gasteiger partial charge on any atom is 0.466 e. The zero-order valence-corrected chi connectivity index (χ0v) is 11.5. The molecule has 3 nitrogen and oxygen atoms in total. The summed E-state index contributed by atoms with van der Waals surface area (Å²) < 4.78 is 0. The lowest BCUT2D eigenvalue weighted by Gasteiger charge is -2.04. The molecule has 0 aliphatic carbocycles. The molecular weight excluding hydrogens is 213 g/mol. The minimum absolute atomic E-state index is 0.289. The molecule has 102 valence electrons. The summed E-state index contributed by atoms with van der Waals surface area (Å²) in [6.45, 7) is 3.15. The van der Waals surface area contributed by atoms with Gasteiger partial charge in [0, 0.05) is 6.44 Å². The molecule has 0 aliphatic heterocycles. The van der Waals surface area contributed by atoms with Crippen LogP contribution >= 0.6 is 0 Å². The molecule has 0 aliphatic rings. The third kappa shape index (κ3) is 15.9. The Hall–Kier alpha value is -0.0551. The quantitative estimate of drug-likeness (QED) is 0.344. The highest BCUT2D eigenvalue weighted by atomic mass is 16.4. The highest BCUT2D eigenvalue weighted by molar-refractivity contribution is 6.41. The summed E-state index contributed by atoms with van der Waals surface area (Å²) in [5.74, 6) is 0. The zero-order chi connectivity index (χ0) is 12.8. The van der Waals surface area contributed by atoms with Crippen LogP contribution in [0.2, 0.25) is 0 Å². The summed E-state index contributed by atoms with van der Waals surface area (Å²) >= 11 is 0. The van der Waals surface area contributed by atoms with Crippen LogP contribution in [0.25, 0.3) is 0 Å². The van der Waals surface area contributed by atoms with Gasteiger partial charge in [0.1, 0.15) is 0 Å². The van der Waals surface area contributed by atoms with Gasteiger partial charge < -0.3 is 15.4 Å². The molecule has 0 aromatic heterocycles. The predicted molar refractivity (Wildman–Crippen MR) is 74.9 cm³/mol. The molecule has 0 bridgehead atoms. The molecule has 3 N–H and O–H groups in total. The molecule has 4 heteroatoms. The number of hydrogen-bond donors (Lipinski definition) is 3. The van der Waals surface area contributed by atoms with Crippen LogP contribution < -0.4 is 5.32 Å². The number of unbranched alkanes of at least 4 members (excludes halogenated alkanes) is 9. The SMILES string of the molecule is CCCCCCCCCCCCNCB(O)O. The van der Waals surface area contributed by atoms with Gasteiger partial charge in [0.25, 0.3) is 0 Å². The molecule has 0 heterocycles. The Morgan fingerprint density at radius 3 is 1.71 bits per heavy atom. The minimum Gasteiger partial charge on any atom is -0.426 e. The molecule has 17 heavy (non-hydrogen) atoms. The van der Waals surface area contributed by atoms with Crippen LogP contribution in [0.5, 0.6) is 0 Å². The van der Waals surface area contributed by atoms with Gasteiger partial charge in [-0.25, -0.2) is 0 Å². The molecule has 0 radical (unpaired) electrons. The number of nitrogens with one attached hydrogen (secondary N) is 1. The van der Waals surface area contributed by atoms with Crippen LogP contribution in [-0.2, 0) is 0 Å². The lowest BCUT2D eigenvalue weighted by Crippen LogP contribution is -2.31. The molecule has 0 spiro atoms. The highest BCUT2D eigenvalue weighted by Gasteiger charge is 2.03. The first-order valence-corrected chi connectivity index (χ1v) is 7.34. The Bertz CT molecular complexity index is 145. The first kappa shape index (κ1) is 16.9. The Labute approximate surface area is 107 Å². The Kier molecular flexibility index (Phi) is 14.0. The van der Waals surface area contributed by atoms with Gasteiger partial charge >= 0.3 is 7.12 Å². The molecule has 0 amide bonds. The van der Waals surface area contributed by atoms with Crippen LogP contribution in [0.15, 0.2) is 0 Å². The maximum atomic E-state index is 8.61. The molecule has 0 aromatic carbocycles. The third-order valence-corrected chi connectivity index (χ3v) is 3.03. The zero-order valence-electron chi connectivity index (χ0n) is 11.5.